The second kappa shape index (κ2) is 6.37. The molecule has 1 saturated carbocycles. The topological polar surface area (TPSA) is 45.2 Å². The molecule has 1 aromatic heterocycles. The minimum Gasteiger partial charge on any atom is -0.394 e. The van der Waals surface area contributed by atoms with Crippen LogP contribution in [0.3, 0.4) is 0 Å². The van der Waals surface area contributed by atoms with Crippen LogP contribution in [0.4, 0.5) is 0 Å². The first-order valence-corrected chi connectivity index (χ1v) is 8.02. The molecular weight excluding hydrogens is 312 g/mol. The fraction of sp³-hybridized carbons (Fsp3) is 0.615. The lowest BCUT2D eigenvalue weighted by Crippen LogP contribution is -2.47. The normalized spacial score (nSPS) is 18.6. The highest BCUT2D eigenvalue weighted by atomic mass is 79.9. The first kappa shape index (κ1) is 14.3. The highest BCUT2D eigenvalue weighted by Gasteiger charge is 2.31. The van der Waals surface area contributed by atoms with Gasteiger partial charge in [-0.15, -0.1) is 11.8 Å². The molecule has 0 spiro atoms. The van der Waals surface area contributed by atoms with Crippen molar-refractivity contribution >= 4 is 27.7 Å². The number of pyridine rings is 1. The predicted molar refractivity (Wildman–Crippen MR) is 78.9 cm³/mol. The number of rotatable bonds is 7. The Morgan fingerprint density at radius 3 is 2.89 bits per heavy atom. The quantitative estimate of drug-likeness (QED) is 0.754. The van der Waals surface area contributed by atoms with E-state index in [1.54, 1.807) is 11.8 Å². The Morgan fingerprint density at radius 1 is 1.56 bits per heavy atom. The Hall–Kier alpha value is -0.100. The van der Waals surface area contributed by atoms with Crippen molar-refractivity contribution in [2.75, 3.05) is 12.4 Å². The van der Waals surface area contributed by atoms with E-state index in [9.17, 15) is 5.11 Å². The van der Waals surface area contributed by atoms with Gasteiger partial charge in [0.1, 0.15) is 0 Å². The maximum Gasteiger partial charge on any atom is 0.0960 e. The standard InChI is InChI=1S/C13H19BrN2OS/c1-13(9-17,16-11-3-4-11)6-7-18-12-5-2-10(14)8-15-12/h2,5,8,11,16-17H,3-4,6-7,9H2,1H3. The van der Waals surface area contributed by atoms with E-state index in [4.69, 9.17) is 0 Å². The van der Waals surface area contributed by atoms with Gasteiger partial charge in [-0.3, -0.25) is 0 Å². The summed E-state index contributed by atoms with van der Waals surface area (Å²) in [5, 5.41) is 14.1. The number of hydrogen-bond acceptors (Lipinski definition) is 4. The van der Waals surface area contributed by atoms with Crippen LogP contribution in [-0.2, 0) is 0 Å². The van der Waals surface area contributed by atoms with Crippen LogP contribution < -0.4 is 5.32 Å². The second-order valence-electron chi connectivity index (χ2n) is 5.05. The number of nitrogens with one attached hydrogen (secondary N) is 1. The van der Waals surface area contributed by atoms with E-state index < -0.39 is 0 Å². The molecule has 5 heteroatoms. The fourth-order valence-electron chi connectivity index (χ4n) is 1.75. The van der Waals surface area contributed by atoms with E-state index >= 15 is 0 Å². The van der Waals surface area contributed by atoms with Crippen LogP contribution in [0.1, 0.15) is 26.2 Å². The molecule has 1 unspecified atom stereocenters. The van der Waals surface area contributed by atoms with E-state index in [0.29, 0.717) is 6.04 Å². The molecule has 1 heterocycles. The largest absolute Gasteiger partial charge is 0.394 e. The molecule has 0 radical (unpaired) electrons. The molecule has 0 bridgehead atoms. The number of aromatic nitrogens is 1. The van der Waals surface area contributed by atoms with Crippen LogP contribution in [0.15, 0.2) is 27.8 Å². The molecule has 2 rings (SSSR count). The Kier molecular flexibility index (Phi) is 5.06. The molecule has 0 aromatic carbocycles. The number of halogens is 1. The van der Waals surface area contributed by atoms with Crippen molar-refractivity contribution in [2.24, 2.45) is 0 Å². The van der Waals surface area contributed by atoms with Gasteiger partial charge in [0.05, 0.1) is 11.6 Å². The predicted octanol–water partition coefficient (Wildman–Crippen LogP) is 2.83. The van der Waals surface area contributed by atoms with Gasteiger partial charge in [0.2, 0.25) is 0 Å². The highest BCUT2D eigenvalue weighted by molar-refractivity contribution is 9.10. The monoisotopic (exact) mass is 330 g/mol. The number of aliphatic hydroxyl groups excluding tert-OH is 1. The van der Waals surface area contributed by atoms with Gasteiger partial charge in [-0.05, 0) is 54.2 Å². The number of aliphatic hydroxyl groups is 1. The van der Waals surface area contributed by atoms with Crippen LogP contribution >= 0.6 is 27.7 Å². The fourth-order valence-corrected chi connectivity index (χ4v) is 3.03. The minimum absolute atomic E-state index is 0.149. The number of hydrogen-bond donors (Lipinski definition) is 2. The molecule has 0 aliphatic heterocycles. The summed E-state index contributed by atoms with van der Waals surface area (Å²) >= 11 is 5.11. The maximum atomic E-state index is 9.50. The van der Waals surface area contributed by atoms with Crippen molar-refractivity contribution in [2.45, 2.75) is 42.8 Å². The van der Waals surface area contributed by atoms with E-state index in [0.717, 1.165) is 21.7 Å². The van der Waals surface area contributed by atoms with Gasteiger partial charge in [-0.25, -0.2) is 4.98 Å². The van der Waals surface area contributed by atoms with Crippen molar-refractivity contribution in [3.8, 4) is 0 Å². The molecule has 18 heavy (non-hydrogen) atoms. The molecular formula is C13H19BrN2OS. The van der Waals surface area contributed by atoms with Crippen LogP contribution in [0.25, 0.3) is 0 Å². The molecule has 0 amide bonds. The van der Waals surface area contributed by atoms with E-state index in [1.165, 1.54) is 12.8 Å². The summed E-state index contributed by atoms with van der Waals surface area (Å²) in [7, 11) is 0. The van der Waals surface area contributed by atoms with Gasteiger partial charge in [0, 0.05) is 28.0 Å². The highest BCUT2D eigenvalue weighted by Crippen LogP contribution is 2.26. The molecule has 1 fully saturated rings. The first-order chi connectivity index (χ1) is 8.61. The zero-order chi connectivity index (χ0) is 13.0. The summed E-state index contributed by atoms with van der Waals surface area (Å²) in [5.41, 5.74) is -0.149. The summed E-state index contributed by atoms with van der Waals surface area (Å²) in [6, 6.07) is 4.64. The molecule has 0 saturated heterocycles. The van der Waals surface area contributed by atoms with Gasteiger partial charge in [-0.2, -0.15) is 0 Å². The molecule has 1 aliphatic rings. The van der Waals surface area contributed by atoms with Gasteiger partial charge in [0.15, 0.2) is 0 Å². The molecule has 1 aromatic rings. The van der Waals surface area contributed by atoms with Crippen molar-refractivity contribution in [3.05, 3.63) is 22.8 Å². The van der Waals surface area contributed by atoms with Crippen molar-refractivity contribution < 1.29 is 5.11 Å². The Labute approximate surface area is 121 Å². The zero-order valence-electron chi connectivity index (χ0n) is 10.5. The summed E-state index contributed by atoms with van der Waals surface area (Å²) in [4.78, 5) is 4.33. The third kappa shape index (κ3) is 4.53. The minimum atomic E-state index is -0.149. The number of thioether (sulfide) groups is 1. The number of nitrogens with zero attached hydrogens (tertiary/aromatic N) is 1. The van der Waals surface area contributed by atoms with Crippen LogP contribution in [0.2, 0.25) is 0 Å². The summed E-state index contributed by atoms with van der Waals surface area (Å²) in [6.07, 6.45) is 5.26. The van der Waals surface area contributed by atoms with Gasteiger partial charge in [-0.1, -0.05) is 0 Å². The third-order valence-electron chi connectivity index (χ3n) is 3.08. The third-order valence-corrected chi connectivity index (χ3v) is 4.50. The van der Waals surface area contributed by atoms with Crippen molar-refractivity contribution in [3.63, 3.8) is 0 Å². The summed E-state index contributed by atoms with van der Waals surface area (Å²) in [5.74, 6) is 0.964. The van der Waals surface area contributed by atoms with Crippen LogP contribution in [0.5, 0.6) is 0 Å². The molecule has 2 N–H and O–H groups in total. The molecule has 1 aliphatic carbocycles. The summed E-state index contributed by atoms with van der Waals surface area (Å²) < 4.78 is 1.00. The lowest BCUT2D eigenvalue weighted by Gasteiger charge is -2.28. The Balaban J connectivity index is 1.77. The van der Waals surface area contributed by atoms with Crippen molar-refractivity contribution in [1.29, 1.82) is 0 Å². The average Bonchev–Trinajstić information content (AvgIpc) is 3.15. The smallest absolute Gasteiger partial charge is 0.0960 e. The maximum absolute atomic E-state index is 9.50. The van der Waals surface area contributed by atoms with Gasteiger partial charge in [0.25, 0.3) is 0 Å². The lowest BCUT2D eigenvalue weighted by molar-refractivity contribution is 0.169. The van der Waals surface area contributed by atoms with E-state index in [2.05, 4.69) is 33.2 Å². The van der Waals surface area contributed by atoms with Gasteiger partial charge < -0.3 is 10.4 Å². The Bertz CT molecular complexity index is 383. The van der Waals surface area contributed by atoms with E-state index in [1.807, 2.05) is 18.3 Å². The second-order valence-corrected chi connectivity index (χ2v) is 7.08. The van der Waals surface area contributed by atoms with Gasteiger partial charge >= 0.3 is 0 Å². The van der Waals surface area contributed by atoms with E-state index in [-0.39, 0.29) is 12.1 Å². The lowest BCUT2D eigenvalue weighted by atomic mass is 10.0. The van der Waals surface area contributed by atoms with Crippen LogP contribution in [0, 0.1) is 0 Å². The zero-order valence-corrected chi connectivity index (χ0v) is 12.9. The van der Waals surface area contributed by atoms with Crippen LogP contribution in [-0.4, -0.2) is 34.0 Å². The Morgan fingerprint density at radius 2 is 2.33 bits per heavy atom. The molecule has 1 atom stereocenters. The average molecular weight is 331 g/mol. The molecule has 100 valence electrons. The SMILES string of the molecule is CC(CO)(CCSc1ccc(Br)cn1)NC1CC1. The molecule has 3 nitrogen and oxygen atoms in total. The van der Waals surface area contributed by atoms with Crippen molar-refractivity contribution in [1.82, 2.24) is 10.3 Å². The summed E-state index contributed by atoms with van der Waals surface area (Å²) in [6.45, 7) is 2.29. The first-order valence-electron chi connectivity index (χ1n) is 6.24.